The Morgan fingerprint density at radius 1 is 0.842 bits per heavy atom. The van der Waals surface area contributed by atoms with Crippen molar-refractivity contribution in [3.05, 3.63) is 89.5 Å². The van der Waals surface area contributed by atoms with Crippen LogP contribution in [0.15, 0.2) is 78.4 Å². The molecule has 4 saturated carbocycles. The molecule has 6 aliphatic rings. The maximum atomic E-state index is 14.4. The van der Waals surface area contributed by atoms with Gasteiger partial charge in [-0.2, -0.15) is 0 Å². The smallest absolute Gasteiger partial charge is 0.166 e. The second-order valence-electron chi connectivity index (χ2n) is 13.6. The van der Waals surface area contributed by atoms with Gasteiger partial charge in [-0.15, -0.1) is 0 Å². The van der Waals surface area contributed by atoms with Crippen LogP contribution in [-0.4, -0.2) is 17.5 Å². The van der Waals surface area contributed by atoms with E-state index in [-0.39, 0.29) is 10.8 Å². The molecule has 6 fully saturated rings. The molecule has 4 aliphatic carbocycles. The van der Waals surface area contributed by atoms with Crippen molar-refractivity contribution in [2.24, 2.45) is 34.5 Å². The molecular weight excluding hydrogens is 464 g/mol. The van der Waals surface area contributed by atoms with Gasteiger partial charge in [-0.3, -0.25) is 4.79 Å². The van der Waals surface area contributed by atoms with Gasteiger partial charge in [-0.1, -0.05) is 92.2 Å². The molecule has 1 spiro atoms. The largest absolute Gasteiger partial charge is 0.363 e. The van der Waals surface area contributed by atoms with E-state index in [1.807, 2.05) is 0 Å². The lowest BCUT2D eigenvalue weighted by Crippen LogP contribution is -2.75. The zero-order valence-corrected chi connectivity index (χ0v) is 23.3. The minimum Gasteiger partial charge on any atom is -0.363 e. The van der Waals surface area contributed by atoms with Gasteiger partial charge in [-0.05, 0) is 97.7 Å². The number of hydrogen-bond donors (Lipinski definition) is 0. The molecule has 38 heavy (non-hydrogen) atoms. The highest BCUT2D eigenvalue weighted by Gasteiger charge is 2.74. The van der Waals surface area contributed by atoms with Crippen LogP contribution in [0, 0.1) is 34.5 Å². The number of fused-ring (bicyclic) bond motifs is 3. The molecule has 2 aliphatic heterocycles. The third-order valence-corrected chi connectivity index (χ3v) is 12.1. The number of carbonyl (C=O) groups is 1. The quantitative estimate of drug-likeness (QED) is 0.389. The van der Waals surface area contributed by atoms with Gasteiger partial charge in [0.15, 0.2) is 5.78 Å². The minimum absolute atomic E-state index is 0.0321. The fourth-order valence-electron chi connectivity index (χ4n) is 10.3. The predicted molar refractivity (Wildman–Crippen MR) is 153 cm³/mol. The molecule has 2 saturated heterocycles. The van der Waals surface area contributed by atoms with E-state index in [1.165, 1.54) is 60.8 Å². The van der Waals surface area contributed by atoms with Crippen LogP contribution in [-0.2, 0) is 9.53 Å². The molecule has 2 aromatic carbocycles. The van der Waals surface area contributed by atoms with E-state index in [2.05, 4.69) is 93.6 Å². The summed E-state index contributed by atoms with van der Waals surface area (Å²) in [5, 5.41) is 0. The first kappa shape index (κ1) is 24.6. The van der Waals surface area contributed by atoms with Crippen molar-refractivity contribution in [1.29, 1.82) is 0 Å². The maximum Gasteiger partial charge on any atom is 0.166 e. The van der Waals surface area contributed by atoms with Crippen molar-refractivity contribution in [1.82, 2.24) is 0 Å². The molecule has 8 atom stereocenters. The summed E-state index contributed by atoms with van der Waals surface area (Å²) in [5.41, 5.74) is 4.74. The van der Waals surface area contributed by atoms with E-state index in [0.717, 1.165) is 6.42 Å². The van der Waals surface area contributed by atoms with Crippen LogP contribution in [0.2, 0.25) is 0 Å². The van der Waals surface area contributed by atoms with Crippen LogP contribution >= 0.6 is 0 Å². The highest BCUT2D eigenvalue weighted by molar-refractivity contribution is 5.91. The Bertz CT molecular complexity index is 1250. The lowest BCUT2D eigenvalue weighted by Gasteiger charge is -2.70. The second kappa shape index (κ2) is 8.78. The molecule has 0 radical (unpaired) electrons. The number of Topliss-reactive ketones (excluding diaryl/α,β-unsaturated/α-hetero) is 1. The van der Waals surface area contributed by atoms with Gasteiger partial charge in [0.05, 0.1) is 6.10 Å². The summed E-state index contributed by atoms with van der Waals surface area (Å²) in [5.74, 6) is 2.55. The van der Waals surface area contributed by atoms with E-state index >= 15 is 0 Å². The number of hydrogen-bond acceptors (Lipinski definition) is 2. The highest BCUT2D eigenvalue weighted by Crippen LogP contribution is 2.72. The zero-order chi connectivity index (χ0) is 26.1. The Balaban J connectivity index is 1.23. The van der Waals surface area contributed by atoms with Gasteiger partial charge in [0.2, 0.25) is 0 Å². The monoisotopic (exact) mass is 506 g/mol. The second-order valence-corrected chi connectivity index (χ2v) is 13.6. The number of ketones is 1. The van der Waals surface area contributed by atoms with Gasteiger partial charge in [0.1, 0.15) is 5.60 Å². The van der Waals surface area contributed by atoms with Crippen LogP contribution in [0.5, 0.6) is 0 Å². The molecule has 4 bridgehead atoms. The molecule has 2 aromatic rings. The van der Waals surface area contributed by atoms with Gasteiger partial charge < -0.3 is 4.74 Å². The summed E-state index contributed by atoms with van der Waals surface area (Å²) < 4.78 is 6.92. The number of carbonyl (C=O) groups excluding carboxylic acids is 1. The molecule has 0 aromatic heterocycles. The third kappa shape index (κ3) is 3.32. The van der Waals surface area contributed by atoms with Crippen molar-refractivity contribution < 1.29 is 9.53 Å². The minimum atomic E-state index is -0.499. The summed E-state index contributed by atoms with van der Waals surface area (Å²) in [6, 6.07) is 21.4. The lowest BCUT2D eigenvalue weighted by atomic mass is 9.40. The summed E-state index contributed by atoms with van der Waals surface area (Å²) >= 11 is 0. The van der Waals surface area contributed by atoms with E-state index in [4.69, 9.17) is 4.74 Å². The number of allylic oxidation sites excluding steroid dienone is 3. The molecule has 2 heterocycles. The Morgan fingerprint density at radius 3 is 2.18 bits per heavy atom. The normalized spacial score (nSPS) is 41.4. The van der Waals surface area contributed by atoms with E-state index in [1.54, 1.807) is 0 Å². The lowest BCUT2D eigenvalue weighted by molar-refractivity contribution is -0.307. The van der Waals surface area contributed by atoms with Crippen LogP contribution in [0.1, 0.15) is 83.3 Å². The first-order valence-corrected chi connectivity index (χ1v) is 15.1. The van der Waals surface area contributed by atoms with E-state index in [0.29, 0.717) is 42.0 Å². The standard InChI is InChI=1S/C36H42O2/c1-24(14-16-29(25-10-6-4-7-11-25)26-12-8-5-9-13-26)30-18-19-31-32-17-15-27-22-28-20-21-35(27,3)36(32,38-28)33(37)23-34(30,31)2/h4-14,16,27-28,30-32H,15,17-23H2,1-3H3/t27?,28?,30-,31+,32+,34-,35+,36+/m1/s1. The van der Waals surface area contributed by atoms with Gasteiger partial charge >= 0.3 is 0 Å². The van der Waals surface area contributed by atoms with Crippen molar-refractivity contribution >= 4 is 11.4 Å². The molecule has 198 valence electrons. The van der Waals surface area contributed by atoms with E-state index in [9.17, 15) is 4.79 Å². The van der Waals surface area contributed by atoms with Crippen molar-refractivity contribution in [3.8, 4) is 0 Å². The van der Waals surface area contributed by atoms with Crippen molar-refractivity contribution in [2.45, 2.75) is 83.8 Å². The average Bonchev–Trinajstić information content (AvgIpc) is 3.26. The summed E-state index contributed by atoms with van der Waals surface area (Å²) in [6.07, 6.45) is 14.1. The van der Waals surface area contributed by atoms with Crippen LogP contribution < -0.4 is 0 Å². The van der Waals surface area contributed by atoms with Crippen LogP contribution in [0.4, 0.5) is 0 Å². The fraction of sp³-hybridized carbons (Fsp3) is 0.528. The SMILES string of the molecule is CC(=CC=C(c1ccccc1)c1ccccc1)[C@H]1CC[C@H]2[C@@H]3CCC4CC5CC[C@]4(C)[C@@]3(O5)C(=O)C[C@]12C. The van der Waals surface area contributed by atoms with Crippen LogP contribution in [0.3, 0.4) is 0 Å². The molecule has 2 nitrogen and oxygen atoms in total. The Morgan fingerprint density at radius 2 is 1.50 bits per heavy atom. The Hall–Kier alpha value is -2.45. The number of ether oxygens (including phenoxy) is 1. The Kier molecular flexibility index (Phi) is 5.68. The molecule has 2 unspecified atom stereocenters. The highest BCUT2D eigenvalue weighted by atomic mass is 16.5. The van der Waals surface area contributed by atoms with Crippen molar-refractivity contribution in [2.75, 3.05) is 0 Å². The number of benzene rings is 2. The topological polar surface area (TPSA) is 26.3 Å². The molecular formula is C36H42O2. The first-order chi connectivity index (χ1) is 18.4. The fourth-order valence-corrected chi connectivity index (χ4v) is 10.3. The summed E-state index contributed by atoms with van der Waals surface area (Å²) in [4.78, 5) is 14.4. The predicted octanol–water partition coefficient (Wildman–Crippen LogP) is 8.42. The van der Waals surface area contributed by atoms with Gasteiger partial charge in [0.25, 0.3) is 0 Å². The molecule has 2 heteroatoms. The van der Waals surface area contributed by atoms with Gasteiger partial charge in [-0.25, -0.2) is 0 Å². The number of rotatable bonds is 4. The van der Waals surface area contributed by atoms with E-state index < -0.39 is 5.60 Å². The molecule has 0 N–H and O–H groups in total. The molecule has 8 rings (SSSR count). The summed E-state index contributed by atoms with van der Waals surface area (Å²) in [7, 11) is 0. The van der Waals surface area contributed by atoms with Crippen LogP contribution in [0.25, 0.3) is 5.57 Å². The average molecular weight is 507 g/mol. The summed E-state index contributed by atoms with van der Waals surface area (Å²) in [6.45, 7) is 7.19. The maximum absolute atomic E-state index is 14.4. The zero-order valence-electron chi connectivity index (χ0n) is 23.3. The molecule has 0 amide bonds. The first-order valence-electron chi connectivity index (χ1n) is 15.1. The Labute approximate surface area is 228 Å². The van der Waals surface area contributed by atoms with Crippen molar-refractivity contribution in [3.63, 3.8) is 0 Å². The third-order valence-electron chi connectivity index (χ3n) is 12.1. The van der Waals surface area contributed by atoms with Gasteiger partial charge in [0, 0.05) is 11.8 Å².